The van der Waals surface area contributed by atoms with Crippen molar-refractivity contribution < 1.29 is 4.39 Å². The maximum Gasteiger partial charge on any atom is 0.127 e. The SMILES string of the molecule is C=C(c1cccc(F)c1CC)N1CCCC2(c3ccccc3)CC2C1. The van der Waals surface area contributed by atoms with E-state index in [2.05, 4.69) is 41.8 Å². The largest absolute Gasteiger partial charge is 0.371 e. The normalized spacial score (nSPS) is 25.2. The Balaban J connectivity index is 1.56. The van der Waals surface area contributed by atoms with E-state index in [1.807, 2.05) is 13.0 Å². The van der Waals surface area contributed by atoms with Crippen LogP contribution in [-0.4, -0.2) is 18.0 Å². The molecule has 1 heterocycles. The summed E-state index contributed by atoms with van der Waals surface area (Å²) in [6.45, 7) is 8.41. The van der Waals surface area contributed by atoms with Crippen LogP contribution in [0.25, 0.3) is 5.70 Å². The van der Waals surface area contributed by atoms with Crippen LogP contribution >= 0.6 is 0 Å². The minimum atomic E-state index is -0.110. The molecule has 0 spiro atoms. The highest BCUT2D eigenvalue weighted by molar-refractivity contribution is 5.65. The molecule has 2 atom stereocenters. The predicted molar refractivity (Wildman–Crippen MR) is 102 cm³/mol. The average molecular weight is 335 g/mol. The van der Waals surface area contributed by atoms with Gasteiger partial charge in [0.05, 0.1) is 0 Å². The molecule has 2 aromatic carbocycles. The molecule has 0 aromatic heterocycles. The van der Waals surface area contributed by atoms with Crippen molar-refractivity contribution in [3.8, 4) is 0 Å². The number of nitrogens with zero attached hydrogens (tertiary/aromatic N) is 1. The van der Waals surface area contributed by atoms with Crippen LogP contribution in [0.1, 0.15) is 42.9 Å². The number of rotatable bonds is 4. The van der Waals surface area contributed by atoms with Crippen LogP contribution in [-0.2, 0) is 11.8 Å². The zero-order valence-electron chi connectivity index (χ0n) is 15.0. The molecule has 0 bridgehead atoms. The van der Waals surface area contributed by atoms with E-state index in [9.17, 15) is 4.39 Å². The standard InChI is InChI=1S/C23H26FN/c1-3-20-21(11-7-12-22(20)24)17(2)25-14-8-13-23(15-19(23)16-25)18-9-5-4-6-10-18/h4-7,9-12,19H,2-3,8,13-16H2,1H3. The number of hydrogen-bond donors (Lipinski definition) is 0. The third-order valence-electron chi connectivity index (χ3n) is 6.24. The Kier molecular flexibility index (Phi) is 4.15. The summed E-state index contributed by atoms with van der Waals surface area (Å²) in [5.74, 6) is 0.578. The van der Waals surface area contributed by atoms with Gasteiger partial charge in [-0.25, -0.2) is 4.39 Å². The Bertz CT molecular complexity index is 782. The summed E-state index contributed by atoms with van der Waals surface area (Å²) in [4.78, 5) is 2.40. The minimum absolute atomic E-state index is 0.110. The van der Waals surface area contributed by atoms with Crippen LogP contribution in [0.5, 0.6) is 0 Å². The Morgan fingerprint density at radius 3 is 2.76 bits per heavy atom. The lowest BCUT2D eigenvalue weighted by atomic mass is 9.89. The average Bonchev–Trinajstić information content (AvgIpc) is 3.36. The summed E-state index contributed by atoms with van der Waals surface area (Å²) in [7, 11) is 0. The van der Waals surface area contributed by atoms with Gasteiger partial charge in [-0.3, -0.25) is 0 Å². The highest BCUT2D eigenvalue weighted by Gasteiger charge is 2.55. The number of benzene rings is 2. The van der Waals surface area contributed by atoms with Gasteiger partial charge < -0.3 is 4.90 Å². The van der Waals surface area contributed by atoms with E-state index in [1.54, 1.807) is 12.1 Å². The first-order valence-electron chi connectivity index (χ1n) is 9.43. The van der Waals surface area contributed by atoms with Crippen LogP contribution in [0, 0.1) is 11.7 Å². The predicted octanol–water partition coefficient (Wildman–Crippen LogP) is 5.41. The molecule has 0 radical (unpaired) electrons. The molecule has 2 heteroatoms. The molecule has 130 valence electrons. The van der Waals surface area contributed by atoms with Gasteiger partial charge in [0.25, 0.3) is 0 Å². The molecular weight excluding hydrogens is 309 g/mol. The third kappa shape index (κ3) is 2.78. The molecule has 1 aliphatic carbocycles. The molecule has 25 heavy (non-hydrogen) atoms. The lowest BCUT2D eigenvalue weighted by Gasteiger charge is -2.27. The first-order valence-corrected chi connectivity index (χ1v) is 9.43. The molecule has 1 saturated heterocycles. The van der Waals surface area contributed by atoms with Crippen molar-refractivity contribution in [2.75, 3.05) is 13.1 Å². The first kappa shape index (κ1) is 16.4. The second-order valence-electron chi connectivity index (χ2n) is 7.54. The lowest BCUT2D eigenvalue weighted by molar-refractivity contribution is 0.391. The van der Waals surface area contributed by atoms with Crippen LogP contribution in [0.4, 0.5) is 4.39 Å². The third-order valence-corrected chi connectivity index (χ3v) is 6.24. The van der Waals surface area contributed by atoms with Crippen molar-refractivity contribution in [1.29, 1.82) is 0 Å². The van der Waals surface area contributed by atoms with Gasteiger partial charge in [0.2, 0.25) is 0 Å². The molecule has 0 amide bonds. The Hall–Kier alpha value is -2.09. The highest BCUT2D eigenvalue weighted by atomic mass is 19.1. The van der Waals surface area contributed by atoms with Crippen molar-refractivity contribution in [3.63, 3.8) is 0 Å². The quantitative estimate of drug-likeness (QED) is 0.722. The van der Waals surface area contributed by atoms with Crippen molar-refractivity contribution in [2.24, 2.45) is 5.92 Å². The molecule has 1 aliphatic heterocycles. The first-order chi connectivity index (χ1) is 12.2. The lowest BCUT2D eigenvalue weighted by Crippen LogP contribution is -2.25. The fourth-order valence-electron chi connectivity index (χ4n) is 4.74. The summed E-state index contributed by atoms with van der Waals surface area (Å²) in [6.07, 6.45) is 4.38. The van der Waals surface area contributed by atoms with Gasteiger partial charge in [0.1, 0.15) is 5.82 Å². The Morgan fingerprint density at radius 2 is 2.00 bits per heavy atom. The van der Waals surface area contributed by atoms with E-state index in [0.717, 1.165) is 29.9 Å². The van der Waals surface area contributed by atoms with Crippen molar-refractivity contribution in [1.82, 2.24) is 4.90 Å². The number of hydrogen-bond acceptors (Lipinski definition) is 1. The molecule has 1 saturated carbocycles. The van der Waals surface area contributed by atoms with E-state index < -0.39 is 0 Å². The van der Waals surface area contributed by atoms with Gasteiger partial charge in [0.15, 0.2) is 0 Å². The monoisotopic (exact) mass is 335 g/mol. The van der Waals surface area contributed by atoms with E-state index >= 15 is 0 Å². The second-order valence-corrected chi connectivity index (χ2v) is 7.54. The molecule has 0 N–H and O–H groups in total. The zero-order valence-corrected chi connectivity index (χ0v) is 15.0. The topological polar surface area (TPSA) is 3.24 Å². The summed E-state index contributed by atoms with van der Waals surface area (Å²) in [5, 5.41) is 0. The van der Waals surface area contributed by atoms with Crippen LogP contribution < -0.4 is 0 Å². The maximum atomic E-state index is 14.2. The van der Waals surface area contributed by atoms with E-state index in [0.29, 0.717) is 17.8 Å². The Labute approximate surface area is 150 Å². The highest BCUT2D eigenvalue weighted by Crippen LogP contribution is 2.59. The smallest absolute Gasteiger partial charge is 0.127 e. The molecule has 2 aromatic rings. The van der Waals surface area contributed by atoms with Crippen LogP contribution in [0.3, 0.4) is 0 Å². The molecule has 4 rings (SSSR count). The molecule has 2 unspecified atom stereocenters. The summed E-state index contributed by atoms with van der Waals surface area (Å²) in [6, 6.07) is 16.4. The fourth-order valence-corrected chi connectivity index (χ4v) is 4.74. The summed E-state index contributed by atoms with van der Waals surface area (Å²) < 4.78 is 14.2. The second kappa shape index (κ2) is 6.33. The zero-order chi connectivity index (χ0) is 17.4. The maximum absolute atomic E-state index is 14.2. The molecule has 1 nitrogen and oxygen atoms in total. The van der Waals surface area contributed by atoms with E-state index in [-0.39, 0.29) is 5.82 Å². The van der Waals surface area contributed by atoms with Gasteiger partial charge in [0, 0.05) is 29.8 Å². The van der Waals surface area contributed by atoms with Gasteiger partial charge in [-0.1, -0.05) is 56.0 Å². The van der Waals surface area contributed by atoms with Crippen molar-refractivity contribution in [3.05, 3.63) is 77.6 Å². The number of fused-ring (bicyclic) bond motifs is 1. The van der Waals surface area contributed by atoms with Crippen LogP contribution in [0.2, 0.25) is 0 Å². The van der Waals surface area contributed by atoms with E-state index in [4.69, 9.17) is 0 Å². The van der Waals surface area contributed by atoms with Crippen LogP contribution in [0.15, 0.2) is 55.1 Å². The fraction of sp³-hybridized carbons (Fsp3) is 0.391. The van der Waals surface area contributed by atoms with Crippen molar-refractivity contribution >= 4 is 5.70 Å². The van der Waals surface area contributed by atoms with Crippen molar-refractivity contribution in [2.45, 2.75) is 38.0 Å². The number of halogens is 1. The molecule has 2 aliphatic rings. The summed E-state index contributed by atoms with van der Waals surface area (Å²) in [5.41, 5.74) is 4.63. The van der Waals surface area contributed by atoms with Gasteiger partial charge in [-0.15, -0.1) is 0 Å². The molecular formula is C23H26FN. The summed E-state index contributed by atoms with van der Waals surface area (Å²) >= 11 is 0. The van der Waals surface area contributed by atoms with Gasteiger partial charge in [-0.05, 0) is 48.8 Å². The van der Waals surface area contributed by atoms with Gasteiger partial charge >= 0.3 is 0 Å². The minimum Gasteiger partial charge on any atom is -0.371 e. The van der Waals surface area contributed by atoms with Gasteiger partial charge in [-0.2, -0.15) is 0 Å². The Morgan fingerprint density at radius 1 is 1.20 bits per heavy atom. The van der Waals surface area contributed by atoms with E-state index in [1.165, 1.54) is 24.8 Å². The number of likely N-dealkylation sites (tertiary alicyclic amines) is 1. The molecule has 2 fully saturated rings.